The van der Waals surface area contributed by atoms with Crippen molar-refractivity contribution >= 4 is 44.9 Å². The maximum atomic E-state index is 7.33. The molecule has 0 atom stereocenters. The normalized spacial score (nSPS) is 12.9. The van der Waals surface area contributed by atoms with Crippen molar-refractivity contribution in [3.63, 3.8) is 0 Å². The van der Waals surface area contributed by atoms with Crippen LogP contribution >= 0.6 is 0 Å². The van der Waals surface area contributed by atoms with E-state index in [4.69, 9.17) is 4.74 Å². The Morgan fingerprint density at radius 2 is 0.983 bits per heavy atom. The van der Waals surface area contributed by atoms with Crippen LogP contribution in [0.15, 0.2) is 206 Å². The smallest absolute Gasteiger partial charge is 0.159 e. The summed E-state index contributed by atoms with van der Waals surface area (Å²) in [5.41, 5.74) is 16.0. The number of hydrogen-bond acceptors (Lipinski definition) is 3. The van der Waals surface area contributed by atoms with Crippen molar-refractivity contribution in [3.05, 3.63) is 217 Å². The Morgan fingerprint density at radius 3 is 1.72 bits per heavy atom. The average Bonchev–Trinajstić information content (AvgIpc) is 3.52. The van der Waals surface area contributed by atoms with E-state index in [1.807, 2.05) is 0 Å². The molecule has 0 saturated heterocycles. The Labute approximate surface area is 339 Å². The van der Waals surface area contributed by atoms with Crippen molar-refractivity contribution in [2.45, 2.75) is 19.3 Å². The van der Waals surface area contributed by atoms with E-state index in [0.29, 0.717) is 0 Å². The molecule has 3 nitrogen and oxygen atoms in total. The number of para-hydroxylation sites is 2. The summed E-state index contributed by atoms with van der Waals surface area (Å²) in [6, 6.07) is 74.0. The van der Waals surface area contributed by atoms with Crippen molar-refractivity contribution in [2.24, 2.45) is 0 Å². The first-order chi connectivity index (χ1) is 28.5. The number of nitrogens with zero attached hydrogens (tertiary/aromatic N) is 2. The van der Waals surface area contributed by atoms with Crippen molar-refractivity contribution in [2.75, 3.05) is 9.80 Å². The number of ether oxygens (including phenoxy) is 1. The molecule has 1 aliphatic heterocycles. The molecule has 0 aromatic heterocycles. The SMILES string of the molecule is CC1(C)c2ccccc2-c2cccc(N(c3ccc(-c4ccccc4)cc3)c3ccc4cccc5c4c3Oc3cc(N(c4ccccc4)c4ccccc4)ccc3-5)c21. The maximum Gasteiger partial charge on any atom is 0.159 e. The molecule has 0 amide bonds. The van der Waals surface area contributed by atoms with Crippen LogP contribution in [0.2, 0.25) is 0 Å². The van der Waals surface area contributed by atoms with Crippen LogP contribution in [-0.2, 0) is 5.41 Å². The molecule has 58 heavy (non-hydrogen) atoms. The second-order valence-electron chi connectivity index (χ2n) is 15.7. The lowest BCUT2D eigenvalue weighted by molar-refractivity contribution is 0.488. The Morgan fingerprint density at radius 1 is 0.397 bits per heavy atom. The van der Waals surface area contributed by atoms with Crippen molar-refractivity contribution in [1.29, 1.82) is 0 Å². The Hall–Kier alpha value is -7.36. The van der Waals surface area contributed by atoms with Gasteiger partial charge in [-0.15, -0.1) is 0 Å². The van der Waals surface area contributed by atoms with Crippen LogP contribution in [0.1, 0.15) is 25.0 Å². The van der Waals surface area contributed by atoms with Crippen molar-refractivity contribution in [3.8, 4) is 44.9 Å². The van der Waals surface area contributed by atoms with Gasteiger partial charge in [-0.05, 0) is 105 Å². The number of hydrogen-bond donors (Lipinski definition) is 0. The van der Waals surface area contributed by atoms with Gasteiger partial charge in [0.05, 0.1) is 11.4 Å². The van der Waals surface area contributed by atoms with Gasteiger partial charge in [0.1, 0.15) is 5.75 Å². The highest BCUT2D eigenvalue weighted by molar-refractivity contribution is 6.09. The molecule has 0 bridgehead atoms. The zero-order valence-corrected chi connectivity index (χ0v) is 32.4. The Kier molecular flexibility index (Phi) is 7.84. The van der Waals surface area contributed by atoms with Gasteiger partial charge in [-0.1, -0.05) is 153 Å². The fourth-order valence-electron chi connectivity index (χ4n) is 9.35. The van der Waals surface area contributed by atoms with Gasteiger partial charge in [0.15, 0.2) is 5.75 Å². The molecule has 0 N–H and O–H groups in total. The van der Waals surface area contributed by atoms with E-state index in [9.17, 15) is 0 Å². The molecule has 11 rings (SSSR count). The molecule has 9 aromatic carbocycles. The van der Waals surface area contributed by atoms with Gasteiger partial charge in [0.2, 0.25) is 0 Å². The first kappa shape index (κ1) is 33.9. The summed E-state index contributed by atoms with van der Waals surface area (Å²) in [5.74, 6) is 1.67. The number of benzene rings is 9. The van der Waals surface area contributed by atoms with Gasteiger partial charge >= 0.3 is 0 Å². The predicted octanol–water partition coefficient (Wildman–Crippen LogP) is 15.5. The minimum absolute atomic E-state index is 0.231. The highest BCUT2D eigenvalue weighted by Crippen LogP contribution is 2.58. The molecule has 2 aliphatic rings. The molecule has 0 fully saturated rings. The second-order valence-corrected chi connectivity index (χ2v) is 15.7. The quantitative estimate of drug-likeness (QED) is 0.162. The lowest BCUT2D eigenvalue weighted by atomic mass is 9.81. The van der Waals surface area contributed by atoms with Gasteiger partial charge in [-0.2, -0.15) is 0 Å². The zero-order chi connectivity index (χ0) is 38.8. The fraction of sp³-hybridized carbons (Fsp3) is 0.0545. The van der Waals surface area contributed by atoms with Crippen molar-refractivity contribution in [1.82, 2.24) is 0 Å². The van der Waals surface area contributed by atoms with Crippen LogP contribution in [-0.4, -0.2) is 0 Å². The third-order valence-electron chi connectivity index (χ3n) is 12.0. The van der Waals surface area contributed by atoms with Crippen molar-refractivity contribution < 1.29 is 4.74 Å². The highest BCUT2D eigenvalue weighted by Gasteiger charge is 2.39. The van der Waals surface area contributed by atoms with E-state index < -0.39 is 0 Å². The fourth-order valence-corrected chi connectivity index (χ4v) is 9.35. The second kappa shape index (κ2) is 13.4. The molecule has 1 aliphatic carbocycles. The standard InChI is InChI=1S/C55H40N2O/c1-55(2)48-26-13-12-23-44(48)47-25-15-27-49(53(47)55)57(42-31-28-38(29-32-42)37-16-6-3-7-17-37)50-35-30-39-18-14-24-46-45-34-33-43(36-51(45)58-54(50)52(39)46)56(40-19-8-4-9-20-40)41-21-10-5-11-22-41/h3-36H,1-2H3. The summed E-state index contributed by atoms with van der Waals surface area (Å²) in [6.07, 6.45) is 0. The molecular weight excluding hydrogens is 705 g/mol. The third kappa shape index (κ3) is 5.35. The van der Waals surface area contributed by atoms with E-state index in [0.717, 1.165) is 62.0 Å². The first-order valence-electron chi connectivity index (χ1n) is 20.0. The summed E-state index contributed by atoms with van der Waals surface area (Å²) in [4.78, 5) is 4.72. The summed E-state index contributed by atoms with van der Waals surface area (Å²) in [6.45, 7) is 4.72. The summed E-state index contributed by atoms with van der Waals surface area (Å²) in [5, 5.41) is 2.26. The number of rotatable bonds is 7. The predicted molar refractivity (Wildman–Crippen MR) is 242 cm³/mol. The number of fused-ring (bicyclic) bond motifs is 5. The Balaban J connectivity index is 1.13. The van der Waals surface area contributed by atoms with Crippen LogP contribution in [0, 0.1) is 0 Å². The minimum Gasteiger partial charge on any atom is -0.454 e. The largest absolute Gasteiger partial charge is 0.454 e. The molecular formula is C55H40N2O. The molecule has 9 aromatic rings. The van der Waals surface area contributed by atoms with Gasteiger partial charge in [-0.3, -0.25) is 0 Å². The van der Waals surface area contributed by atoms with E-state index >= 15 is 0 Å². The van der Waals surface area contributed by atoms with Gasteiger partial charge in [0.25, 0.3) is 0 Å². The van der Waals surface area contributed by atoms with Gasteiger partial charge in [0, 0.05) is 45.2 Å². The molecule has 0 radical (unpaired) electrons. The molecule has 0 saturated carbocycles. The lowest BCUT2D eigenvalue weighted by Crippen LogP contribution is -2.21. The average molecular weight is 745 g/mol. The highest BCUT2D eigenvalue weighted by atomic mass is 16.5. The topological polar surface area (TPSA) is 15.7 Å². The van der Waals surface area contributed by atoms with E-state index in [-0.39, 0.29) is 5.41 Å². The zero-order valence-electron chi connectivity index (χ0n) is 32.4. The molecule has 0 unspecified atom stereocenters. The van der Waals surface area contributed by atoms with Crippen LogP contribution in [0.3, 0.4) is 0 Å². The lowest BCUT2D eigenvalue weighted by Gasteiger charge is -2.34. The van der Waals surface area contributed by atoms with Gasteiger partial charge in [-0.25, -0.2) is 0 Å². The summed E-state index contributed by atoms with van der Waals surface area (Å²) >= 11 is 0. The minimum atomic E-state index is -0.231. The molecule has 1 heterocycles. The van der Waals surface area contributed by atoms with Crippen LogP contribution < -0.4 is 14.5 Å². The van der Waals surface area contributed by atoms with Gasteiger partial charge < -0.3 is 14.5 Å². The van der Waals surface area contributed by atoms with E-state index in [1.165, 1.54) is 38.9 Å². The summed E-state index contributed by atoms with van der Waals surface area (Å²) < 4.78 is 7.33. The number of anilines is 6. The first-order valence-corrected chi connectivity index (χ1v) is 20.0. The Bertz CT molecular complexity index is 2950. The molecule has 3 heteroatoms. The summed E-state index contributed by atoms with van der Waals surface area (Å²) in [7, 11) is 0. The third-order valence-corrected chi connectivity index (χ3v) is 12.0. The van der Waals surface area contributed by atoms with Crippen LogP contribution in [0.5, 0.6) is 11.5 Å². The molecule has 276 valence electrons. The monoisotopic (exact) mass is 744 g/mol. The van der Waals surface area contributed by atoms with E-state index in [2.05, 4.69) is 230 Å². The maximum absolute atomic E-state index is 7.33. The van der Waals surface area contributed by atoms with E-state index in [1.54, 1.807) is 0 Å². The van der Waals surface area contributed by atoms with Crippen LogP contribution in [0.4, 0.5) is 34.1 Å². The van der Waals surface area contributed by atoms with Crippen LogP contribution in [0.25, 0.3) is 44.2 Å². The molecule has 0 spiro atoms.